The van der Waals surface area contributed by atoms with Crippen molar-refractivity contribution in [1.29, 1.82) is 0 Å². The van der Waals surface area contributed by atoms with Crippen LogP contribution in [0.2, 0.25) is 5.02 Å². The lowest BCUT2D eigenvalue weighted by molar-refractivity contribution is 0.170. The monoisotopic (exact) mass is 308 g/mol. The average molecular weight is 309 g/mol. The van der Waals surface area contributed by atoms with Gasteiger partial charge in [-0.15, -0.1) is 0 Å². The first-order chi connectivity index (χ1) is 10.1. The van der Waals surface area contributed by atoms with Gasteiger partial charge in [0.2, 0.25) is 0 Å². The molecule has 2 rings (SSSR count). The van der Waals surface area contributed by atoms with Crippen molar-refractivity contribution in [2.75, 3.05) is 11.9 Å². The van der Waals surface area contributed by atoms with Crippen LogP contribution < -0.4 is 10.6 Å². The predicted molar refractivity (Wildman–Crippen MR) is 79.8 cm³/mol. The van der Waals surface area contributed by atoms with E-state index in [1.807, 2.05) is 0 Å². The molecule has 0 fully saturated rings. The fraction of sp³-hybridized carbons (Fsp3) is 0.133. The molecule has 21 heavy (non-hydrogen) atoms. The molecule has 1 unspecified atom stereocenters. The minimum atomic E-state index is -1.11. The summed E-state index contributed by atoms with van der Waals surface area (Å²) in [7, 11) is 0. The van der Waals surface area contributed by atoms with E-state index in [-0.39, 0.29) is 12.1 Å². The fourth-order valence-electron chi connectivity index (χ4n) is 1.79. The van der Waals surface area contributed by atoms with Gasteiger partial charge >= 0.3 is 6.03 Å². The van der Waals surface area contributed by atoms with E-state index in [1.54, 1.807) is 30.3 Å². The number of carbonyl (C=O) groups is 1. The van der Waals surface area contributed by atoms with Gasteiger partial charge < -0.3 is 15.7 Å². The Kier molecular flexibility index (Phi) is 5.14. The third-order valence-electron chi connectivity index (χ3n) is 2.80. The van der Waals surface area contributed by atoms with Gasteiger partial charge in [0.25, 0.3) is 0 Å². The van der Waals surface area contributed by atoms with Crippen molar-refractivity contribution in [1.82, 2.24) is 5.32 Å². The zero-order valence-electron chi connectivity index (χ0n) is 11.0. The quantitative estimate of drug-likeness (QED) is 0.811. The summed E-state index contributed by atoms with van der Waals surface area (Å²) in [6.45, 7) is -0.104. The van der Waals surface area contributed by atoms with Gasteiger partial charge in [0.1, 0.15) is 5.82 Å². The van der Waals surface area contributed by atoms with Crippen LogP contribution in [0.25, 0.3) is 0 Å². The molecule has 2 aromatic carbocycles. The van der Waals surface area contributed by atoms with Crippen molar-refractivity contribution in [3.8, 4) is 0 Å². The molecule has 2 aromatic rings. The number of amides is 2. The number of carbonyl (C=O) groups excluding carboxylic acids is 1. The SMILES string of the molecule is O=C(NCC(O)c1ccccc1F)Nc1cccc(Cl)c1. The number of nitrogens with one attached hydrogen (secondary N) is 2. The summed E-state index contributed by atoms with van der Waals surface area (Å²) in [4.78, 5) is 11.7. The Morgan fingerprint density at radius 3 is 2.71 bits per heavy atom. The molecule has 0 aliphatic rings. The predicted octanol–water partition coefficient (Wildman–Crippen LogP) is 3.33. The molecule has 0 heterocycles. The van der Waals surface area contributed by atoms with Crippen molar-refractivity contribution in [2.45, 2.75) is 6.10 Å². The maximum Gasteiger partial charge on any atom is 0.319 e. The number of aliphatic hydroxyl groups is 1. The van der Waals surface area contributed by atoms with Gasteiger partial charge in [-0.25, -0.2) is 9.18 Å². The van der Waals surface area contributed by atoms with Crippen molar-refractivity contribution >= 4 is 23.3 Å². The Balaban J connectivity index is 1.88. The highest BCUT2D eigenvalue weighted by molar-refractivity contribution is 6.30. The normalized spacial score (nSPS) is 11.8. The van der Waals surface area contributed by atoms with Crippen molar-refractivity contribution in [2.24, 2.45) is 0 Å². The van der Waals surface area contributed by atoms with Crippen LogP contribution in [-0.2, 0) is 0 Å². The molecular weight excluding hydrogens is 295 g/mol. The van der Waals surface area contributed by atoms with Crippen molar-refractivity contribution in [3.05, 3.63) is 64.9 Å². The van der Waals surface area contributed by atoms with Crippen LogP contribution in [0, 0.1) is 5.82 Å². The molecule has 0 saturated carbocycles. The van der Waals surface area contributed by atoms with E-state index in [0.29, 0.717) is 10.7 Å². The van der Waals surface area contributed by atoms with E-state index in [4.69, 9.17) is 11.6 Å². The van der Waals surface area contributed by atoms with Gasteiger partial charge in [0.15, 0.2) is 0 Å². The van der Waals surface area contributed by atoms with Crippen LogP contribution >= 0.6 is 11.6 Å². The van der Waals surface area contributed by atoms with Gasteiger partial charge in [-0.3, -0.25) is 0 Å². The molecule has 2 amide bonds. The number of rotatable bonds is 4. The molecule has 0 radical (unpaired) electrons. The van der Waals surface area contributed by atoms with Crippen molar-refractivity contribution in [3.63, 3.8) is 0 Å². The number of hydrogen-bond donors (Lipinski definition) is 3. The van der Waals surface area contributed by atoms with E-state index in [1.165, 1.54) is 18.2 Å². The zero-order valence-corrected chi connectivity index (χ0v) is 11.8. The number of halogens is 2. The van der Waals surface area contributed by atoms with E-state index >= 15 is 0 Å². The standard InChI is InChI=1S/C15H14ClFN2O2/c16-10-4-3-5-11(8-10)19-15(21)18-9-14(20)12-6-1-2-7-13(12)17/h1-8,14,20H,9H2,(H2,18,19,21). The lowest BCUT2D eigenvalue weighted by Gasteiger charge is -2.13. The third kappa shape index (κ3) is 4.44. The van der Waals surface area contributed by atoms with Crippen molar-refractivity contribution < 1.29 is 14.3 Å². The molecule has 4 nitrogen and oxygen atoms in total. The molecule has 0 aliphatic carbocycles. The average Bonchev–Trinajstić information content (AvgIpc) is 2.45. The number of aliphatic hydroxyl groups excluding tert-OH is 1. The summed E-state index contributed by atoms with van der Waals surface area (Å²) in [5.41, 5.74) is 0.668. The maximum absolute atomic E-state index is 13.5. The molecule has 6 heteroatoms. The summed E-state index contributed by atoms with van der Waals surface area (Å²) < 4.78 is 13.5. The first kappa shape index (κ1) is 15.3. The first-order valence-electron chi connectivity index (χ1n) is 6.29. The first-order valence-corrected chi connectivity index (χ1v) is 6.67. The highest BCUT2D eigenvalue weighted by Crippen LogP contribution is 2.16. The number of anilines is 1. The molecule has 0 aliphatic heterocycles. The second-order valence-corrected chi connectivity index (χ2v) is 4.82. The highest BCUT2D eigenvalue weighted by Gasteiger charge is 2.13. The second-order valence-electron chi connectivity index (χ2n) is 4.38. The minimum Gasteiger partial charge on any atom is -0.386 e. The summed E-state index contributed by atoms with van der Waals surface area (Å²) in [6, 6.07) is 12.0. The van der Waals surface area contributed by atoms with E-state index in [2.05, 4.69) is 10.6 Å². The van der Waals surface area contributed by atoms with Gasteiger partial charge in [-0.05, 0) is 24.3 Å². The minimum absolute atomic E-state index is 0.104. The van der Waals surface area contributed by atoms with Gasteiger partial charge in [-0.1, -0.05) is 35.9 Å². The number of benzene rings is 2. The van der Waals surface area contributed by atoms with Crippen LogP contribution in [0.1, 0.15) is 11.7 Å². The Bertz CT molecular complexity index is 637. The maximum atomic E-state index is 13.5. The Hall–Kier alpha value is -2.11. The van der Waals surface area contributed by atoms with Gasteiger partial charge in [0, 0.05) is 22.8 Å². The smallest absolute Gasteiger partial charge is 0.319 e. The highest BCUT2D eigenvalue weighted by atomic mass is 35.5. The van der Waals surface area contributed by atoms with Crippen LogP contribution in [0.3, 0.4) is 0 Å². The largest absolute Gasteiger partial charge is 0.386 e. The number of urea groups is 1. The lowest BCUT2D eigenvalue weighted by atomic mass is 10.1. The van der Waals surface area contributed by atoms with Crippen LogP contribution in [-0.4, -0.2) is 17.7 Å². The molecule has 3 N–H and O–H groups in total. The molecule has 1 atom stereocenters. The molecule has 0 saturated heterocycles. The van der Waals surface area contributed by atoms with E-state index < -0.39 is 18.0 Å². The topological polar surface area (TPSA) is 61.4 Å². The van der Waals surface area contributed by atoms with Gasteiger partial charge in [-0.2, -0.15) is 0 Å². The fourth-order valence-corrected chi connectivity index (χ4v) is 1.98. The Morgan fingerprint density at radius 2 is 2.00 bits per heavy atom. The third-order valence-corrected chi connectivity index (χ3v) is 3.04. The summed E-state index contributed by atoms with van der Waals surface area (Å²) in [5, 5.41) is 15.4. The van der Waals surface area contributed by atoms with Crippen LogP contribution in [0.15, 0.2) is 48.5 Å². The molecule has 110 valence electrons. The zero-order chi connectivity index (χ0) is 15.2. The van der Waals surface area contributed by atoms with Crippen LogP contribution in [0.4, 0.5) is 14.9 Å². The molecule has 0 spiro atoms. The molecule has 0 aromatic heterocycles. The number of hydrogen-bond acceptors (Lipinski definition) is 2. The molecular formula is C15H14ClFN2O2. The van der Waals surface area contributed by atoms with E-state index in [9.17, 15) is 14.3 Å². The summed E-state index contributed by atoms with van der Waals surface area (Å²) in [6.07, 6.45) is -1.11. The Labute approximate surface area is 126 Å². The van der Waals surface area contributed by atoms with Crippen LogP contribution in [0.5, 0.6) is 0 Å². The molecule has 0 bridgehead atoms. The summed E-state index contributed by atoms with van der Waals surface area (Å²) in [5.74, 6) is -0.512. The van der Waals surface area contributed by atoms with Gasteiger partial charge in [0.05, 0.1) is 6.10 Å². The van der Waals surface area contributed by atoms with E-state index in [0.717, 1.165) is 0 Å². The lowest BCUT2D eigenvalue weighted by Crippen LogP contribution is -2.32. The Morgan fingerprint density at radius 1 is 1.24 bits per heavy atom. The summed E-state index contributed by atoms with van der Waals surface area (Å²) >= 11 is 5.80. The second kappa shape index (κ2) is 7.06.